The Bertz CT molecular complexity index is 601. The third-order valence-corrected chi connectivity index (χ3v) is 4.46. The number of nitrogens with two attached hydrogens (primary N) is 1. The van der Waals surface area contributed by atoms with Gasteiger partial charge in [0, 0.05) is 46.8 Å². The third kappa shape index (κ3) is 11.7. The molecule has 0 aromatic rings. The molecule has 1 heterocycles. The molecule has 2 amide bonds. The summed E-state index contributed by atoms with van der Waals surface area (Å²) in [5.74, 6) is -1.34. The van der Waals surface area contributed by atoms with E-state index in [1.54, 1.807) is 0 Å². The fourth-order valence-electron chi connectivity index (χ4n) is 3.11. The maximum Gasteiger partial charge on any atom is 0.302 e. The second-order valence-electron chi connectivity index (χ2n) is 7.36. The van der Waals surface area contributed by atoms with Crippen LogP contribution in [0.15, 0.2) is 0 Å². The molecular formula is C20H35N3O8. The highest BCUT2D eigenvalue weighted by molar-refractivity contribution is 5.75. The summed E-state index contributed by atoms with van der Waals surface area (Å²) < 4.78 is 22.0. The predicted octanol–water partition coefficient (Wildman–Crippen LogP) is -0.247. The van der Waals surface area contributed by atoms with Crippen LogP contribution < -0.4 is 16.4 Å². The summed E-state index contributed by atoms with van der Waals surface area (Å²) in [6.07, 6.45) is 0.364. The van der Waals surface area contributed by atoms with Gasteiger partial charge in [0.05, 0.1) is 6.10 Å². The van der Waals surface area contributed by atoms with E-state index in [9.17, 15) is 19.2 Å². The molecule has 11 heteroatoms. The molecule has 1 rings (SSSR count). The van der Waals surface area contributed by atoms with E-state index in [4.69, 9.17) is 24.7 Å². The smallest absolute Gasteiger partial charge is 0.302 e. The topological polar surface area (TPSA) is 155 Å². The average Bonchev–Trinajstić information content (AvgIpc) is 2.67. The fourth-order valence-corrected chi connectivity index (χ4v) is 3.11. The van der Waals surface area contributed by atoms with Gasteiger partial charge in [-0.2, -0.15) is 0 Å². The third-order valence-electron chi connectivity index (χ3n) is 4.46. The molecule has 0 saturated carbocycles. The minimum atomic E-state index is -0.902. The molecule has 4 atom stereocenters. The maximum atomic E-state index is 11.7. The zero-order chi connectivity index (χ0) is 23.2. The largest absolute Gasteiger partial charge is 0.463 e. The molecule has 178 valence electrons. The highest BCUT2D eigenvalue weighted by Gasteiger charge is 2.42. The number of ether oxygens (including phenoxy) is 4. The van der Waals surface area contributed by atoms with Crippen LogP contribution in [0.2, 0.25) is 0 Å². The first-order valence-corrected chi connectivity index (χ1v) is 10.5. The first-order valence-electron chi connectivity index (χ1n) is 10.5. The lowest BCUT2D eigenvalue weighted by molar-refractivity contribution is -0.243. The molecule has 1 saturated heterocycles. The van der Waals surface area contributed by atoms with E-state index in [0.717, 1.165) is 6.42 Å². The number of esters is 2. The van der Waals surface area contributed by atoms with Crippen LogP contribution in [0.1, 0.15) is 52.9 Å². The van der Waals surface area contributed by atoms with E-state index in [2.05, 4.69) is 10.6 Å². The van der Waals surface area contributed by atoms with Gasteiger partial charge in [-0.15, -0.1) is 0 Å². The van der Waals surface area contributed by atoms with E-state index in [-0.39, 0.29) is 31.4 Å². The number of nitrogens with one attached hydrogen (secondary N) is 2. The van der Waals surface area contributed by atoms with Crippen molar-refractivity contribution in [2.45, 2.75) is 77.4 Å². The van der Waals surface area contributed by atoms with Gasteiger partial charge >= 0.3 is 11.9 Å². The summed E-state index contributed by atoms with van der Waals surface area (Å²) in [5, 5.41) is 5.50. The van der Waals surface area contributed by atoms with Gasteiger partial charge < -0.3 is 35.3 Å². The van der Waals surface area contributed by atoms with Crippen molar-refractivity contribution in [3.05, 3.63) is 0 Å². The Kier molecular flexibility index (Phi) is 12.7. The van der Waals surface area contributed by atoms with Gasteiger partial charge in [0.2, 0.25) is 11.8 Å². The molecule has 0 aromatic heterocycles. The second-order valence-corrected chi connectivity index (χ2v) is 7.36. The molecule has 0 unspecified atom stereocenters. The molecular weight excluding hydrogens is 410 g/mol. The van der Waals surface area contributed by atoms with Crippen LogP contribution in [0.3, 0.4) is 0 Å². The SMILES string of the molecule is CC(=O)N[C@H]1[C@H](OCCCCC(=O)NCCCN)O[C@H](COC(C)=O)C[C@@H]1OC(C)=O. The molecule has 1 aliphatic heterocycles. The van der Waals surface area contributed by atoms with Gasteiger partial charge in [-0.1, -0.05) is 0 Å². The quantitative estimate of drug-likeness (QED) is 0.257. The van der Waals surface area contributed by atoms with E-state index in [0.29, 0.717) is 32.4 Å². The Morgan fingerprint density at radius 1 is 1.06 bits per heavy atom. The fraction of sp³-hybridized carbons (Fsp3) is 0.800. The summed E-state index contributed by atoms with van der Waals surface area (Å²) in [6.45, 7) is 5.23. The van der Waals surface area contributed by atoms with Crippen LogP contribution in [0, 0.1) is 0 Å². The second kappa shape index (κ2) is 14.7. The number of hydrogen-bond acceptors (Lipinski definition) is 9. The van der Waals surface area contributed by atoms with Crippen molar-refractivity contribution in [1.82, 2.24) is 10.6 Å². The molecule has 0 aliphatic carbocycles. The standard InChI is InChI=1S/C20H35N3O8/c1-13(24)23-19-17(30-15(3)26)11-16(12-29-14(2)25)31-20(19)28-10-5-4-7-18(27)22-9-6-8-21/h16-17,19-20H,4-12,21H2,1-3H3,(H,22,27)(H,23,24)/t16-,17-,19+,20+/m0/s1. The van der Waals surface area contributed by atoms with Crippen molar-refractivity contribution in [2.75, 3.05) is 26.3 Å². The number of unbranched alkanes of at least 4 members (excludes halogenated alkanes) is 1. The molecule has 1 fully saturated rings. The first kappa shape index (κ1) is 26.8. The summed E-state index contributed by atoms with van der Waals surface area (Å²) in [6, 6.07) is -0.713. The van der Waals surface area contributed by atoms with Crippen molar-refractivity contribution in [3.63, 3.8) is 0 Å². The van der Waals surface area contributed by atoms with Crippen LogP contribution in [0.4, 0.5) is 0 Å². The van der Waals surface area contributed by atoms with Crippen LogP contribution in [0.5, 0.6) is 0 Å². The Morgan fingerprint density at radius 3 is 2.42 bits per heavy atom. The van der Waals surface area contributed by atoms with E-state index in [1.165, 1.54) is 20.8 Å². The zero-order valence-corrected chi connectivity index (χ0v) is 18.5. The predicted molar refractivity (Wildman–Crippen MR) is 110 cm³/mol. The zero-order valence-electron chi connectivity index (χ0n) is 18.5. The molecule has 0 radical (unpaired) electrons. The number of carbonyl (C=O) groups is 4. The monoisotopic (exact) mass is 445 g/mol. The van der Waals surface area contributed by atoms with Gasteiger partial charge in [0.25, 0.3) is 0 Å². The lowest BCUT2D eigenvalue weighted by atomic mass is 9.99. The van der Waals surface area contributed by atoms with Crippen LogP contribution in [-0.2, 0) is 38.1 Å². The molecule has 0 spiro atoms. The van der Waals surface area contributed by atoms with Gasteiger partial charge in [0.15, 0.2) is 6.29 Å². The van der Waals surface area contributed by atoms with Gasteiger partial charge in [-0.25, -0.2) is 0 Å². The molecule has 1 aliphatic rings. The molecule has 31 heavy (non-hydrogen) atoms. The van der Waals surface area contributed by atoms with Crippen LogP contribution >= 0.6 is 0 Å². The lowest BCUT2D eigenvalue weighted by Gasteiger charge is -2.40. The van der Waals surface area contributed by atoms with Crippen molar-refractivity contribution >= 4 is 23.8 Å². The summed E-state index contributed by atoms with van der Waals surface area (Å²) in [5.41, 5.74) is 5.39. The highest BCUT2D eigenvalue weighted by Crippen LogP contribution is 2.25. The minimum absolute atomic E-state index is 0.0251. The van der Waals surface area contributed by atoms with Crippen molar-refractivity contribution in [2.24, 2.45) is 5.73 Å². The Morgan fingerprint density at radius 2 is 1.81 bits per heavy atom. The number of rotatable bonds is 13. The summed E-state index contributed by atoms with van der Waals surface area (Å²) in [4.78, 5) is 46.0. The van der Waals surface area contributed by atoms with E-state index < -0.39 is 36.5 Å². The van der Waals surface area contributed by atoms with E-state index >= 15 is 0 Å². The van der Waals surface area contributed by atoms with Crippen molar-refractivity contribution in [1.29, 1.82) is 0 Å². The van der Waals surface area contributed by atoms with Crippen molar-refractivity contribution < 1.29 is 38.1 Å². The molecule has 0 bridgehead atoms. The Labute approximate surface area is 182 Å². The summed E-state index contributed by atoms with van der Waals surface area (Å²) in [7, 11) is 0. The molecule has 4 N–H and O–H groups in total. The van der Waals surface area contributed by atoms with Crippen LogP contribution in [0.25, 0.3) is 0 Å². The maximum absolute atomic E-state index is 11.7. The number of carbonyl (C=O) groups excluding carboxylic acids is 4. The van der Waals surface area contributed by atoms with Crippen LogP contribution in [-0.4, -0.2) is 74.6 Å². The molecule has 0 aromatic carbocycles. The Hall–Kier alpha value is -2.24. The molecule has 11 nitrogen and oxygen atoms in total. The first-order chi connectivity index (χ1) is 14.7. The van der Waals surface area contributed by atoms with Gasteiger partial charge in [-0.05, 0) is 25.8 Å². The lowest BCUT2D eigenvalue weighted by Crippen LogP contribution is -2.59. The average molecular weight is 446 g/mol. The summed E-state index contributed by atoms with van der Waals surface area (Å²) >= 11 is 0. The number of amides is 2. The Balaban J connectivity index is 2.62. The van der Waals surface area contributed by atoms with E-state index in [1.807, 2.05) is 0 Å². The normalized spacial score (nSPS) is 23.0. The van der Waals surface area contributed by atoms with Gasteiger partial charge in [0.1, 0.15) is 18.8 Å². The minimum Gasteiger partial charge on any atom is -0.463 e. The van der Waals surface area contributed by atoms with Gasteiger partial charge in [-0.3, -0.25) is 19.2 Å². The number of hydrogen-bond donors (Lipinski definition) is 3. The van der Waals surface area contributed by atoms with Crippen molar-refractivity contribution in [3.8, 4) is 0 Å². The highest BCUT2D eigenvalue weighted by atomic mass is 16.7.